The van der Waals surface area contributed by atoms with E-state index >= 15 is 0 Å². The maximum absolute atomic E-state index is 13.2. The number of benzene rings is 1. The van der Waals surface area contributed by atoms with Crippen LogP contribution in [0.5, 0.6) is 0 Å². The van der Waals surface area contributed by atoms with Gasteiger partial charge in [-0.2, -0.15) is 0 Å². The van der Waals surface area contributed by atoms with Crippen LogP contribution in [0, 0.1) is 5.82 Å². The molecule has 0 aromatic heterocycles. The van der Waals surface area contributed by atoms with E-state index in [1.807, 2.05) is 0 Å². The first kappa shape index (κ1) is 13.0. The number of rotatable bonds is 2. The van der Waals surface area contributed by atoms with Crippen LogP contribution < -0.4 is 5.32 Å². The summed E-state index contributed by atoms with van der Waals surface area (Å²) in [6.45, 7) is 1.68. The van der Waals surface area contributed by atoms with Crippen LogP contribution in [-0.4, -0.2) is 23.0 Å². The predicted octanol–water partition coefficient (Wildman–Crippen LogP) is 1.82. The lowest BCUT2D eigenvalue weighted by atomic mass is 9.76. The summed E-state index contributed by atoms with van der Waals surface area (Å²) < 4.78 is 13.5. The largest absolute Gasteiger partial charge is 0.480 e. The van der Waals surface area contributed by atoms with Crippen LogP contribution in [-0.2, 0) is 15.0 Å². The van der Waals surface area contributed by atoms with Gasteiger partial charge in [0.05, 0.1) is 4.47 Å². The highest BCUT2D eigenvalue weighted by atomic mass is 79.9. The lowest BCUT2D eigenvalue weighted by Crippen LogP contribution is -2.44. The summed E-state index contributed by atoms with van der Waals surface area (Å²) in [4.78, 5) is 22.6. The fraction of sp³-hybridized carbons (Fsp3) is 0.333. The Balaban J connectivity index is 2.48. The van der Waals surface area contributed by atoms with Crippen LogP contribution in [0.2, 0.25) is 0 Å². The van der Waals surface area contributed by atoms with Crippen LogP contribution in [0.3, 0.4) is 0 Å². The van der Waals surface area contributed by atoms with Crippen molar-refractivity contribution in [2.75, 3.05) is 0 Å². The highest BCUT2D eigenvalue weighted by molar-refractivity contribution is 9.10. The number of carbonyl (C=O) groups is 2. The van der Waals surface area contributed by atoms with Crippen molar-refractivity contribution < 1.29 is 19.1 Å². The lowest BCUT2D eigenvalue weighted by Gasteiger charge is -2.28. The van der Waals surface area contributed by atoms with Crippen molar-refractivity contribution in [2.24, 2.45) is 0 Å². The van der Waals surface area contributed by atoms with Crippen molar-refractivity contribution in [1.82, 2.24) is 5.32 Å². The first-order valence-electron chi connectivity index (χ1n) is 5.32. The summed E-state index contributed by atoms with van der Waals surface area (Å²) in [5.74, 6) is -1.83. The fourth-order valence-electron chi connectivity index (χ4n) is 2.26. The van der Waals surface area contributed by atoms with Gasteiger partial charge in [0.15, 0.2) is 0 Å². The minimum atomic E-state index is -1.09. The molecule has 0 aliphatic carbocycles. The van der Waals surface area contributed by atoms with Gasteiger partial charge in [-0.05, 0) is 33.6 Å². The standard InChI is InChI=1S/C12H11BrFNO3/c1-12(5-9(16)15-10(12)11(17)18)6-2-3-8(14)7(13)4-6/h2-4,10H,5H2,1H3,(H,15,16)(H,17,18). The summed E-state index contributed by atoms with van der Waals surface area (Å²) in [6.07, 6.45) is 0.0715. The molecule has 6 heteroatoms. The lowest BCUT2D eigenvalue weighted by molar-refractivity contribution is -0.141. The fourth-order valence-corrected chi connectivity index (χ4v) is 2.64. The summed E-state index contributed by atoms with van der Waals surface area (Å²) in [6, 6.07) is 3.29. The van der Waals surface area contributed by atoms with Crippen molar-refractivity contribution in [1.29, 1.82) is 0 Å². The number of carbonyl (C=O) groups excluding carboxylic acids is 1. The Labute approximate surface area is 111 Å². The molecule has 4 nitrogen and oxygen atoms in total. The average Bonchev–Trinajstić information content (AvgIpc) is 2.59. The molecule has 96 valence electrons. The molecule has 1 aliphatic heterocycles. The molecule has 0 radical (unpaired) electrons. The van der Waals surface area contributed by atoms with Gasteiger partial charge in [0, 0.05) is 11.8 Å². The molecule has 1 aliphatic rings. The van der Waals surface area contributed by atoms with Gasteiger partial charge in [0.2, 0.25) is 5.91 Å². The number of hydrogen-bond acceptors (Lipinski definition) is 2. The van der Waals surface area contributed by atoms with E-state index in [-0.39, 0.29) is 16.8 Å². The number of halogens is 2. The molecule has 1 aromatic rings. The van der Waals surface area contributed by atoms with Crippen LogP contribution in [0.1, 0.15) is 18.9 Å². The third-order valence-corrected chi connectivity index (χ3v) is 3.90. The molecular formula is C12H11BrFNO3. The maximum Gasteiger partial charge on any atom is 0.327 e. The molecule has 0 spiro atoms. The zero-order valence-electron chi connectivity index (χ0n) is 9.54. The van der Waals surface area contributed by atoms with Gasteiger partial charge in [-0.25, -0.2) is 9.18 Å². The highest BCUT2D eigenvalue weighted by Gasteiger charge is 2.48. The molecule has 0 bridgehead atoms. The van der Waals surface area contributed by atoms with Gasteiger partial charge in [0.25, 0.3) is 0 Å². The van der Waals surface area contributed by atoms with Gasteiger partial charge < -0.3 is 10.4 Å². The Kier molecular flexibility index (Phi) is 3.14. The summed E-state index contributed by atoms with van der Waals surface area (Å²) in [5, 5.41) is 11.6. The predicted molar refractivity (Wildman–Crippen MR) is 65.6 cm³/mol. The van der Waals surface area contributed by atoms with Crippen molar-refractivity contribution in [2.45, 2.75) is 24.8 Å². The number of nitrogens with one attached hydrogen (secondary N) is 1. The summed E-state index contributed by atoms with van der Waals surface area (Å²) in [7, 11) is 0. The van der Waals surface area contributed by atoms with Gasteiger partial charge >= 0.3 is 5.97 Å². The number of aliphatic carboxylic acids is 1. The first-order valence-corrected chi connectivity index (χ1v) is 6.11. The van der Waals surface area contributed by atoms with Gasteiger partial charge in [-0.1, -0.05) is 13.0 Å². The monoisotopic (exact) mass is 315 g/mol. The van der Waals surface area contributed by atoms with Crippen molar-refractivity contribution in [3.8, 4) is 0 Å². The molecule has 1 heterocycles. The summed E-state index contributed by atoms with van der Waals surface area (Å²) in [5.41, 5.74) is -0.263. The smallest absolute Gasteiger partial charge is 0.327 e. The van der Waals surface area contributed by atoms with E-state index in [1.165, 1.54) is 18.2 Å². The number of hydrogen-bond donors (Lipinski definition) is 2. The van der Waals surface area contributed by atoms with Gasteiger partial charge in [-0.15, -0.1) is 0 Å². The molecule has 1 aromatic carbocycles. The molecule has 0 saturated carbocycles. The number of carboxylic acid groups (broad SMARTS) is 1. The van der Waals surface area contributed by atoms with E-state index in [0.717, 1.165) is 0 Å². The van der Waals surface area contributed by atoms with E-state index in [0.29, 0.717) is 5.56 Å². The average molecular weight is 316 g/mol. The van der Waals surface area contributed by atoms with Crippen LogP contribution in [0.4, 0.5) is 4.39 Å². The molecule has 2 rings (SSSR count). The minimum Gasteiger partial charge on any atom is -0.480 e. The molecule has 2 atom stereocenters. The zero-order chi connectivity index (χ0) is 13.5. The molecular weight excluding hydrogens is 305 g/mol. The van der Waals surface area contributed by atoms with E-state index in [9.17, 15) is 14.0 Å². The Morgan fingerprint density at radius 2 is 2.28 bits per heavy atom. The van der Waals surface area contributed by atoms with Crippen LogP contribution >= 0.6 is 15.9 Å². The minimum absolute atomic E-state index is 0.0715. The zero-order valence-corrected chi connectivity index (χ0v) is 11.1. The quantitative estimate of drug-likeness (QED) is 0.875. The van der Waals surface area contributed by atoms with E-state index < -0.39 is 23.2 Å². The van der Waals surface area contributed by atoms with Crippen molar-refractivity contribution in [3.63, 3.8) is 0 Å². The third-order valence-electron chi connectivity index (χ3n) is 3.30. The Hall–Kier alpha value is -1.43. The number of carboxylic acids is 1. The third kappa shape index (κ3) is 2.01. The Bertz CT molecular complexity index is 534. The molecule has 1 amide bonds. The molecule has 1 saturated heterocycles. The molecule has 2 unspecified atom stereocenters. The molecule has 2 N–H and O–H groups in total. The Morgan fingerprint density at radius 3 is 2.83 bits per heavy atom. The second-order valence-electron chi connectivity index (χ2n) is 4.56. The van der Waals surface area contributed by atoms with E-state index in [4.69, 9.17) is 5.11 Å². The van der Waals surface area contributed by atoms with E-state index in [1.54, 1.807) is 6.92 Å². The van der Waals surface area contributed by atoms with Gasteiger partial charge in [-0.3, -0.25) is 4.79 Å². The van der Waals surface area contributed by atoms with E-state index in [2.05, 4.69) is 21.2 Å². The normalized spacial score (nSPS) is 27.1. The van der Waals surface area contributed by atoms with Crippen LogP contribution in [0.25, 0.3) is 0 Å². The first-order chi connectivity index (χ1) is 8.34. The summed E-state index contributed by atoms with van der Waals surface area (Å²) >= 11 is 3.06. The second-order valence-corrected chi connectivity index (χ2v) is 5.42. The maximum atomic E-state index is 13.2. The molecule has 18 heavy (non-hydrogen) atoms. The Morgan fingerprint density at radius 1 is 1.61 bits per heavy atom. The molecule has 1 fully saturated rings. The SMILES string of the molecule is CC1(c2ccc(F)c(Br)c2)CC(=O)NC1C(=O)O. The van der Waals surface area contributed by atoms with Crippen molar-refractivity contribution in [3.05, 3.63) is 34.1 Å². The highest BCUT2D eigenvalue weighted by Crippen LogP contribution is 2.37. The van der Waals surface area contributed by atoms with Crippen LogP contribution in [0.15, 0.2) is 22.7 Å². The van der Waals surface area contributed by atoms with Gasteiger partial charge in [0.1, 0.15) is 11.9 Å². The second kappa shape index (κ2) is 4.35. The van der Waals surface area contributed by atoms with Crippen molar-refractivity contribution >= 4 is 27.8 Å². The topological polar surface area (TPSA) is 66.4 Å². The number of amides is 1.